The Morgan fingerprint density at radius 2 is 2.32 bits per heavy atom. The van der Waals surface area contributed by atoms with Gasteiger partial charge in [0.25, 0.3) is 0 Å². The second-order valence-corrected chi connectivity index (χ2v) is 5.51. The first-order valence-electron chi connectivity index (χ1n) is 6.16. The molecule has 1 aromatic rings. The van der Waals surface area contributed by atoms with E-state index in [1.54, 1.807) is 23.1 Å². The van der Waals surface area contributed by atoms with Gasteiger partial charge >= 0.3 is 0 Å². The van der Waals surface area contributed by atoms with Crippen LogP contribution in [0.25, 0.3) is 0 Å². The number of amides is 1. The summed E-state index contributed by atoms with van der Waals surface area (Å²) in [6.45, 7) is 5.76. The van der Waals surface area contributed by atoms with E-state index in [9.17, 15) is 9.18 Å². The van der Waals surface area contributed by atoms with Crippen LogP contribution in [-0.4, -0.2) is 30.4 Å². The van der Waals surface area contributed by atoms with Crippen molar-refractivity contribution in [3.63, 3.8) is 0 Å². The van der Waals surface area contributed by atoms with Crippen molar-refractivity contribution in [1.29, 1.82) is 0 Å². The van der Waals surface area contributed by atoms with Gasteiger partial charge in [-0.25, -0.2) is 4.39 Å². The van der Waals surface area contributed by atoms with Crippen molar-refractivity contribution in [1.82, 2.24) is 10.2 Å². The molecule has 1 saturated heterocycles. The smallest absolute Gasteiger partial charge is 0.228 e. The lowest BCUT2D eigenvalue weighted by Crippen LogP contribution is -2.51. The molecule has 102 valence electrons. The van der Waals surface area contributed by atoms with Gasteiger partial charge in [0.15, 0.2) is 0 Å². The van der Waals surface area contributed by atoms with Crippen molar-refractivity contribution in [2.24, 2.45) is 5.92 Å². The number of halogens is 2. The summed E-state index contributed by atoms with van der Waals surface area (Å²) in [6.07, 6.45) is 1.67. The van der Waals surface area contributed by atoms with Crippen molar-refractivity contribution < 1.29 is 9.18 Å². The molecule has 1 N–H and O–H groups in total. The Kier molecular flexibility index (Phi) is 4.71. The number of benzene rings is 1. The number of rotatable bonds is 5. The summed E-state index contributed by atoms with van der Waals surface area (Å²) < 4.78 is 14.5. The third kappa shape index (κ3) is 3.42. The van der Waals surface area contributed by atoms with Gasteiger partial charge in [0.05, 0.1) is 5.92 Å². The lowest BCUT2D eigenvalue weighted by Gasteiger charge is -2.32. The predicted octanol–water partition coefficient (Wildman–Crippen LogP) is 2.32. The Morgan fingerprint density at radius 1 is 1.58 bits per heavy atom. The highest BCUT2D eigenvalue weighted by Gasteiger charge is 2.29. The van der Waals surface area contributed by atoms with Crippen LogP contribution in [0.3, 0.4) is 0 Å². The second kappa shape index (κ2) is 6.30. The molecule has 1 aliphatic rings. The summed E-state index contributed by atoms with van der Waals surface area (Å²) in [4.78, 5) is 13.9. The van der Waals surface area contributed by atoms with Crippen LogP contribution in [0.15, 0.2) is 35.3 Å². The van der Waals surface area contributed by atoms with E-state index in [0.717, 1.165) is 4.47 Å². The molecule has 1 aliphatic heterocycles. The van der Waals surface area contributed by atoms with Gasteiger partial charge in [-0.15, -0.1) is 6.58 Å². The molecular formula is C14H16BrFN2O. The monoisotopic (exact) mass is 326 g/mol. The first-order chi connectivity index (χ1) is 9.11. The molecule has 2 rings (SSSR count). The fourth-order valence-corrected chi connectivity index (χ4v) is 2.39. The van der Waals surface area contributed by atoms with Gasteiger partial charge in [-0.2, -0.15) is 0 Å². The standard InChI is InChI=1S/C14H16BrFN2O/c1-2-5-18(14(19)11-7-17-8-11)9-10-6-12(15)3-4-13(10)16/h2-4,6,11,17H,1,5,7-9H2. The third-order valence-electron chi connectivity index (χ3n) is 3.16. The van der Waals surface area contributed by atoms with E-state index in [-0.39, 0.29) is 24.2 Å². The summed E-state index contributed by atoms with van der Waals surface area (Å²) in [5.41, 5.74) is 0.511. The highest BCUT2D eigenvalue weighted by molar-refractivity contribution is 9.10. The molecule has 3 nitrogen and oxygen atoms in total. The molecule has 0 unspecified atom stereocenters. The van der Waals surface area contributed by atoms with E-state index in [1.807, 2.05) is 0 Å². The van der Waals surface area contributed by atoms with Gasteiger partial charge in [-0.1, -0.05) is 22.0 Å². The Hall–Kier alpha value is -1.20. The minimum Gasteiger partial charge on any atom is -0.334 e. The minimum atomic E-state index is -0.295. The Balaban J connectivity index is 2.13. The number of hydrogen-bond acceptors (Lipinski definition) is 2. The van der Waals surface area contributed by atoms with Crippen LogP contribution >= 0.6 is 15.9 Å². The topological polar surface area (TPSA) is 32.3 Å². The molecule has 1 fully saturated rings. The maximum Gasteiger partial charge on any atom is 0.228 e. The van der Waals surface area contributed by atoms with E-state index < -0.39 is 0 Å². The van der Waals surface area contributed by atoms with Gasteiger partial charge in [0, 0.05) is 36.2 Å². The van der Waals surface area contributed by atoms with Crippen LogP contribution in [0.1, 0.15) is 5.56 Å². The average Bonchev–Trinajstić information content (AvgIpc) is 2.31. The molecule has 0 aromatic heterocycles. The second-order valence-electron chi connectivity index (χ2n) is 4.60. The minimum absolute atomic E-state index is 0.00941. The SMILES string of the molecule is C=CCN(Cc1cc(Br)ccc1F)C(=O)C1CNC1. The average molecular weight is 327 g/mol. The lowest BCUT2D eigenvalue weighted by molar-refractivity contribution is -0.137. The van der Waals surface area contributed by atoms with Gasteiger partial charge in [-0.05, 0) is 18.2 Å². The molecular weight excluding hydrogens is 311 g/mol. The fraction of sp³-hybridized carbons (Fsp3) is 0.357. The molecule has 0 atom stereocenters. The van der Waals surface area contributed by atoms with E-state index in [2.05, 4.69) is 27.8 Å². The van der Waals surface area contributed by atoms with Crippen LogP contribution in [0.2, 0.25) is 0 Å². The van der Waals surface area contributed by atoms with Gasteiger partial charge in [0.1, 0.15) is 5.82 Å². The van der Waals surface area contributed by atoms with Crippen LogP contribution < -0.4 is 5.32 Å². The summed E-state index contributed by atoms with van der Waals surface area (Å²) in [7, 11) is 0. The zero-order chi connectivity index (χ0) is 13.8. The molecule has 0 bridgehead atoms. The molecule has 1 heterocycles. The highest BCUT2D eigenvalue weighted by atomic mass is 79.9. The van der Waals surface area contributed by atoms with E-state index in [4.69, 9.17) is 0 Å². The number of nitrogens with one attached hydrogen (secondary N) is 1. The predicted molar refractivity (Wildman–Crippen MR) is 76.1 cm³/mol. The first-order valence-corrected chi connectivity index (χ1v) is 6.95. The maximum absolute atomic E-state index is 13.7. The quantitative estimate of drug-likeness (QED) is 0.842. The molecule has 19 heavy (non-hydrogen) atoms. The Morgan fingerprint density at radius 3 is 2.89 bits per heavy atom. The van der Waals surface area contributed by atoms with Crippen molar-refractivity contribution in [2.75, 3.05) is 19.6 Å². The van der Waals surface area contributed by atoms with Crippen molar-refractivity contribution in [3.8, 4) is 0 Å². The van der Waals surface area contributed by atoms with Crippen LogP contribution in [0, 0.1) is 11.7 Å². The zero-order valence-electron chi connectivity index (χ0n) is 10.5. The summed E-state index contributed by atoms with van der Waals surface area (Å²) in [5.74, 6) is -0.231. The van der Waals surface area contributed by atoms with Gasteiger partial charge in [-0.3, -0.25) is 4.79 Å². The number of hydrogen-bond donors (Lipinski definition) is 1. The lowest BCUT2D eigenvalue weighted by atomic mass is 10.0. The van der Waals surface area contributed by atoms with Gasteiger partial charge < -0.3 is 10.2 Å². The van der Waals surface area contributed by atoms with Crippen LogP contribution in [-0.2, 0) is 11.3 Å². The largest absolute Gasteiger partial charge is 0.334 e. The van der Waals surface area contributed by atoms with Crippen molar-refractivity contribution >= 4 is 21.8 Å². The Labute approximate surface area is 120 Å². The molecule has 0 radical (unpaired) electrons. The normalized spacial score (nSPS) is 14.8. The molecule has 1 aromatic carbocycles. The van der Waals surface area contributed by atoms with Crippen molar-refractivity contribution in [3.05, 3.63) is 46.7 Å². The zero-order valence-corrected chi connectivity index (χ0v) is 12.1. The van der Waals surface area contributed by atoms with E-state index in [1.165, 1.54) is 6.07 Å². The maximum atomic E-state index is 13.7. The van der Waals surface area contributed by atoms with Crippen molar-refractivity contribution in [2.45, 2.75) is 6.54 Å². The molecule has 0 aliphatic carbocycles. The Bertz CT molecular complexity index is 488. The fourth-order valence-electron chi connectivity index (χ4n) is 1.98. The summed E-state index contributed by atoms with van der Waals surface area (Å²) in [6, 6.07) is 4.76. The molecule has 0 saturated carbocycles. The van der Waals surface area contributed by atoms with E-state index in [0.29, 0.717) is 25.2 Å². The summed E-state index contributed by atoms with van der Waals surface area (Å²) in [5, 5.41) is 3.07. The number of carbonyl (C=O) groups excluding carboxylic acids is 1. The molecule has 0 spiro atoms. The third-order valence-corrected chi connectivity index (χ3v) is 3.65. The van der Waals surface area contributed by atoms with Crippen LogP contribution in [0.5, 0.6) is 0 Å². The number of nitrogens with zero attached hydrogens (tertiary/aromatic N) is 1. The van der Waals surface area contributed by atoms with Crippen LogP contribution in [0.4, 0.5) is 4.39 Å². The van der Waals surface area contributed by atoms with Gasteiger partial charge in [0.2, 0.25) is 5.91 Å². The summed E-state index contributed by atoms with van der Waals surface area (Å²) >= 11 is 3.32. The molecule has 1 amide bonds. The highest BCUT2D eigenvalue weighted by Crippen LogP contribution is 2.19. The van der Waals surface area contributed by atoms with E-state index >= 15 is 0 Å². The first kappa shape index (κ1) is 14.2. The molecule has 5 heteroatoms. The number of carbonyl (C=O) groups is 1.